The third-order valence-electron chi connectivity index (χ3n) is 3.03. The monoisotopic (exact) mass is 228 g/mol. The summed E-state index contributed by atoms with van der Waals surface area (Å²) in [6.45, 7) is 10.7. The number of nitrogens with one attached hydrogen (secondary N) is 1. The Kier molecular flexibility index (Phi) is 7.01. The highest BCUT2D eigenvalue weighted by Crippen LogP contribution is 2.28. The predicted molar refractivity (Wildman–Crippen MR) is 68.7 cm³/mol. The first-order chi connectivity index (χ1) is 7.72. The third-order valence-corrected chi connectivity index (χ3v) is 3.03. The Morgan fingerprint density at radius 1 is 1.44 bits per heavy atom. The number of rotatable bonds is 10. The summed E-state index contributed by atoms with van der Waals surface area (Å²) >= 11 is 0. The minimum Gasteiger partial charge on any atom is -0.380 e. The van der Waals surface area contributed by atoms with E-state index in [-0.39, 0.29) is 0 Å². The van der Waals surface area contributed by atoms with Crippen LogP contribution >= 0.6 is 0 Å². The minimum atomic E-state index is 0.716. The normalized spacial score (nSPS) is 18.0. The highest BCUT2D eigenvalue weighted by molar-refractivity contribution is 4.72. The average molecular weight is 228 g/mol. The third kappa shape index (κ3) is 7.20. The summed E-state index contributed by atoms with van der Waals surface area (Å²) in [4.78, 5) is 2.37. The van der Waals surface area contributed by atoms with Gasteiger partial charge in [0.1, 0.15) is 0 Å². The Labute approximate surface area is 101 Å². The summed E-state index contributed by atoms with van der Waals surface area (Å²) in [5.74, 6) is 1.60. The van der Waals surface area contributed by atoms with E-state index in [9.17, 15) is 0 Å². The lowest BCUT2D eigenvalue weighted by Gasteiger charge is -2.21. The summed E-state index contributed by atoms with van der Waals surface area (Å²) in [7, 11) is 2.18. The highest BCUT2D eigenvalue weighted by atomic mass is 16.5. The Bertz CT molecular complexity index is 171. The van der Waals surface area contributed by atoms with Gasteiger partial charge in [-0.25, -0.2) is 0 Å². The van der Waals surface area contributed by atoms with Crippen LogP contribution in [-0.2, 0) is 4.74 Å². The smallest absolute Gasteiger partial charge is 0.0593 e. The zero-order chi connectivity index (χ0) is 11.8. The van der Waals surface area contributed by atoms with Crippen LogP contribution in [0.4, 0.5) is 0 Å². The lowest BCUT2D eigenvalue weighted by atomic mass is 10.1. The van der Waals surface area contributed by atoms with E-state index in [1.165, 1.54) is 12.8 Å². The lowest BCUT2D eigenvalue weighted by molar-refractivity contribution is 0.0998. The molecule has 16 heavy (non-hydrogen) atoms. The van der Waals surface area contributed by atoms with Gasteiger partial charge in [0.15, 0.2) is 0 Å². The number of likely N-dealkylation sites (N-methyl/N-ethyl adjacent to an activating group) is 1. The molecule has 1 atom stereocenters. The fraction of sp³-hybridized carbons (Fsp3) is 1.00. The first kappa shape index (κ1) is 13.9. The summed E-state index contributed by atoms with van der Waals surface area (Å²) in [5, 5.41) is 3.39. The van der Waals surface area contributed by atoms with Crippen LogP contribution in [0.2, 0.25) is 0 Å². The van der Waals surface area contributed by atoms with Crippen molar-refractivity contribution in [1.29, 1.82) is 0 Å². The minimum absolute atomic E-state index is 0.716. The maximum atomic E-state index is 5.63. The van der Waals surface area contributed by atoms with Crippen molar-refractivity contribution in [3.05, 3.63) is 0 Å². The van der Waals surface area contributed by atoms with Gasteiger partial charge in [-0.3, -0.25) is 0 Å². The fourth-order valence-electron chi connectivity index (χ4n) is 1.83. The van der Waals surface area contributed by atoms with Crippen molar-refractivity contribution in [2.75, 3.05) is 46.4 Å². The summed E-state index contributed by atoms with van der Waals surface area (Å²) in [5.41, 5.74) is 0. The molecule has 0 aliphatic heterocycles. The molecule has 1 aliphatic rings. The second-order valence-corrected chi connectivity index (χ2v) is 5.19. The van der Waals surface area contributed by atoms with Crippen molar-refractivity contribution in [2.45, 2.75) is 26.7 Å². The number of nitrogens with zero attached hydrogens (tertiary/aromatic N) is 1. The average Bonchev–Trinajstić information content (AvgIpc) is 3.05. The van der Waals surface area contributed by atoms with Crippen LogP contribution < -0.4 is 5.32 Å². The SMILES string of the molecule is CCNCC(C)CN(C)CCOCC1CC1. The van der Waals surface area contributed by atoms with E-state index in [1.807, 2.05) is 0 Å². The van der Waals surface area contributed by atoms with Gasteiger partial charge in [0, 0.05) is 19.7 Å². The molecule has 0 heterocycles. The number of hydrogen-bond donors (Lipinski definition) is 1. The Morgan fingerprint density at radius 3 is 2.81 bits per heavy atom. The second-order valence-electron chi connectivity index (χ2n) is 5.19. The van der Waals surface area contributed by atoms with Crippen molar-refractivity contribution in [2.24, 2.45) is 11.8 Å². The van der Waals surface area contributed by atoms with Crippen LogP contribution in [0, 0.1) is 11.8 Å². The molecule has 0 bridgehead atoms. The molecule has 1 aliphatic carbocycles. The van der Waals surface area contributed by atoms with Crippen molar-refractivity contribution in [3.63, 3.8) is 0 Å². The van der Waals surface area contributed by atoms with Gasteiger partial charge in [0.05, 0.1) is 6.61 Å². The largest absolute Gasteiger partial charge is 0.380 e. The zero-order valence-electron chi connectivity index (χ0n) is 11.2. The van der Waals surface area contributed by atoms with E-state index in [4.69, 9.17) is 4.74 Å². The van der Waals surface area contributed by atoms with E-state index in [0.29, 0.717) is 5.92 Å². The van der Waals surface area contributed by atoms with Gasteiger partial charge in [-0.05, 0) is 44.8 Å². The van der Waals surface area contributed by atoms with Crippen molar-refractivity contribution in [3.8, 4) is 0 Å². The Balaban J connectivity index is 1.89. The van der Waals surface area contributed by atoms with Crippen LogP contribution in [0.25, 0.3) is 0 Å². The molecule has 0 aromatic carbocycles. The van der Waals surface area contributed by atoms with Gasteiger partial charge in [-0.15, -0.1) is 0 Å². The van der Waals surface area contributed by atoms with E-state index < -0.39 is 0 Å². The molecule has 0 spiro atoms. The molecule has 1 N–H and O–H groups in total. The predicted octanol–water partition coefficient (Wildman–Crippen LogP) is 1.59. The molecule has 1 rings (SSSR count). The quantitative estimate of drug-likeness (QED) is 0.575. The van der Waals surface area contributed by atoms with Crippen LogP contribution in [0.1, 0.15) is 26.7 Å². The van der Waals surface area contributed by atoms with Crippen LogP contribution in [0.5, 0.6) is 0 Å². The van der Waals surface area contributed by atoms with Crippen LogP contribution in [0.15, 0.2) is 0 Å². The number of hydrogen-bond acceptors (Lipinski definition) is 3. The summed E-state index contributed by atoms with van der Waals surface area (Å²) < 4.78 is 5.63. The van der Waals surface area contributed by atoms with Crippen LogP contribution in [-0.4, -0.2) is 51.3 Å². The topological polar surface area (TPSA) is 24.5 Å². The zero-order valence-corrected chi connectivity index (χ0v) is 11.2. The molecule has 3 nitrogen and oxygen atoms in total. The maximum absolute atomic E-state index is 5.63. The molecule has 1 saturated carbocycles. The van der Waals surface area contributed by atoms with E-state index >= 15 is 0 Å². The van der Waals surface area contributed by atoms with Crippen molar-refractivity contribution >= 4 is 0 Å². The highest BCUT2D eigenvalue weighted by Gasteiger charge is 2.20. The van der Waals surface area contributed by atoms with E-state index in [2.05, 4.69) is 31.1 Å². The summed E-state index contributed by atoms with van der Waals surface area (Å²) in [6, 6.07) is 0. The van der Waals surface area contributed by atoms with Gasteiger partial charge in [0.2, 0.25) is 0 Å². The number of ether oxygens (including phenoxy) is 1. The molecule has 0 amide bonds. The van der Waals surface area contributed by atoms with Crippen LogP contribution in [0.3, 0.4) is 0 Å². The maximum Gasteiger partial charge on any atom is 0.0593 e. The standard InChI is InChI=1S/C13H28N2O/c1-4-14-9-12(2)10-15(3)7-8-16-11-13-5-6-13/h12-14H,4-11H2,1-3H3. The molecule has 0 aromatic heterocycles. The van der Waals surface area contributed by atoms with E-state index in [1.54, 1.807) is 0 Å². The van der Waals surface area contributed by atoms with Crippen molar-refractivity contribution in [1.82, 2.24) is 10.2 Å². The molecular formula is C13H28N2O. The Hall–Kier alpha value is -0.120. The molecular weight excluding hydrogens is 200 g/mol. The first-order valence-electron chi connectivity index (χ1n) is 6.69. The molecule has 1 unspecified atom stereocenters. The Morgan fingerprint density at radius 2 is 2.19 bits per heavy atom. The second kappa shape index (κ2) is 8.04. The molecule has 0 saturated heterocycles. The van der Waals surface area contributed by atoms with Gasteiger partial charge >= 0.3 is 0 Å². The molecule has 1 fully saturated rings. The van der Waals surface area contributed by atoms with Gasteiger partial charge in [-0.2, -0.15) is 0 Å². The first-order valence-corrected chi connectivity index (χ1v) is 6.69. The molecule has 96 valence electrons. The fourth-order valence-corrected chi connectivity index (χ4v) is 1.83. The molecule has 0 aromatic rings. The lowest BCUT2D eigenvalue weighted by Crippen LogP contribution is -2.33. The van der Waals surface area contributed by atoms with Gasteiger partial charge < -0.3 is 15.0 Å². The van der Waals surface area contributed by atoms with Crippen molar-refractivity contribution < 1.29 is 4.74 Å². The van der Waals surface area contributed by atoms with E-state index in [0.717, 1.165) is 45.3 Å². The molecule has 0 radical (unpaired) electrons. The van der Waals surface area contributed by atoms with Gasteiger partial charge in [0.25, 0.3) is 0 Å². The molecule has 3 heteroatoms. The van der Waals surface area contributed by atoms with Gasteiger partial charge in [-0.1, -0.05) is 13.8 Å². The summed E-state index contributed by atoms with van der Waals surface area (Å²) in [6.07, 6.45) is 2.77.